The quantitative estimate of drug-likeness (QED) is 0.564. The van der Waals surface area contributed by atoms with Crippen LogP contribution in [-0.4, -0.2) is 5.96 Å². The van der Waals surface area contributed by atoms with Crippen molar-refractivity contribution in [1.82, 2.24) is 0 Å². The van der Waals surface area contributed by atoms with Gasteiger partial charge >= 0.3 is 0 Å². The molecule has 1 aromatic rings. The van der Waals surface area contributed by atoms with Gasteiger partial charge in [-0.3, -0.25) is 0 Å². The molecule has 0 heterocycles. The number of benzene rings is 1. The van der Waals surface area contributed by atoms with Crippen LogP contribution < -0.4 is 11.5 Å². The first-order valence-corrected chi connectivity index (χ1v) is 4.91. The molecule has 0 atom stereocenters. The second kappa shape index (κ2) is 5.27. The van der Waals surface area contributed by atoms with E-state index in [1.807, 2.05) is 18.2 Å². The van der Waals surface area contributed by atoms with E-state index < -0.39 is 0 Å². The van der Waals surface area contributed by atoms with Crippen molar-refractivity contribution >= 4 is 11.6 Å². The number of hydrogen-bond acceptors (Lipinski definition) is 1. The van der Waals surface area contributed by atoms with Crippen LogP contribution in [0.25, 0.3) is 0 Å². The van der Waals surface area contributed by atoms with Crippen LogP contribution in [0.5, 0.6) is 0 Å². The number of hydrogen-bond donors (Lipinski definition) is 2. The fraction of sp³-hybridized carbons (Fsp3) is 0.364. The van der Waals surface area contributed by atoms with E-state index in [0.29, 0.717) is 0 Å². The Kier molecular flexibility index (Phi) is 3.98. The van der Waals surface area contributed by atoms with Crippen molar-refractivity contribution in [3.05, 3.63) is 29.8 Å². The zero-order valence-corrected chi connectivity index (χ0v) is 8.53. The lowest BCUT2D eigenvalue weighted by Crippen LogP contribution is -2.22. The number of aryl methyl sites for hydroxylation is 1. The number of nitrogens with zero attached hydrogens (tertiary/aromatic N) is 1. The van der Waals surface area contributed by atoms with Crippen molar-refractivity contribution in [2.24, 2.45) is 16.5 Å². The zero-order valence-electron chi connectivity index (χ0n) is 8.53. The third-order valence-corrected chi connectivity index (χ3v) is 2.04. The third kappa shape index (κ3) is 3.09. The summed E-state index contributed by atoms with van der Waals surface area (Å²) in [5.74, 6) is 0.119. The molecule has 0 aliphatic carbocycles. The van der Waals surface area contributed by atoms with Crippen LogP contribution in [0.2, 0.25) is 0 Å². The zero-order chi connectivity index (χ0) is 10.4. The number of guanidine groups is 1. The lowest BCUT2D eigenvalue weighted by atomic mass is 10.1. The predicted octanol–water partition coefficient (Wildman–Crippen LogP) is 1.93. The molecule has 3 nitrogen and oxygen atoms in total. The maximum atomic E-state index is 5.35. The van der Waals surface area contributed by atoms with Crippen molar-refractivity contribution < 1.29 is 0 Å². The van der Waals surface area contributed by atoms with Crippen molar-refractivity contribution in [3.8, 4) is 0 Å². The fourth-order valence-corrected chi connectivity index (χ4v) is 1.34. The second-order valence-electron chi connectivity index (χ2n) is 3.27. The standard InChI is InChI=1S/C11H17N3/c1-2-3-6-9-7-4-5-8-10(9)14-11(12)13/h4-5,7-8H,2-3,6H2,1H3,(H4,12,13,14). The summed E-state index contributed by atoms with van der Waals surface area (Å²) in [5, 5.41) is 0. The Labute approximate surface area is 84.8 Å². The number of para-hydroxylation sites is 1. The topological polar surface area (TPSA) is 64.4 Å². The van der Waals surface area contributed by atoms with Crippen LogP contribution in [0.1, 0.15) is 25.3 Å². The highest BCUT2D eigenvalue weighted by molar-refractivity contribution is 5.79. The molecular formula is C11H17N3. The van der Waals surface area contributed by atoms with Gasteiger partial charge in [-0.25, -0.2) is 4.99 Å². The van der Waals surface area contributed by atoms with E-state index in [2.05, 4.69) is 18.0 Å². The molecule has 4 N–H and O–H groups in total. The molecule has 0 fully saturated rings. The summed E-state index contributed by atoms with van der Waals surface area (Å²) >= 11 is 0. The van der Waals surface area contributed by atoms with Gasteiger partial charge < -0.3 is 11.5 Å². The highest BCUT2D eigenvalue weighted by Crippen LogP contribution is 2.20. The van der Waals surface area contributed by atoms with Gasteiger partial charge in [0.15, 0.2) is 5.96 Å². The normalized spacial score (nSPS) is 9.79. The molecular weight excluding hydrogens is 174 g/mol. The van der Waals surface area contributed by atoms with Crippen molar-refractivity contribution in [2.45, 2.75) is 26.2 Å². The van der Waals surface area contributed by atoms with Crippen LogP contribution in [-0.2, 0) is 6.42 Å². The Balaban J connectivity index is 2.86. The summed E-state index contributed by atoms with van der Waals surface area (Å²) in [6.07, 6.45) is 3.37. The summed E-state index contributed by atoms with van der Waals surface area (Å²) in [6, 6.07) is 7.95. The molecule has 1 aromatic carbocycles. The smallest absolute Gasteiger partial charge is 0.191 e. The number of rotatable bonds is 4. The van der Waals surface area contributed by atoms with Crippen LogP contribution >= 0.6 is 0 Å². The highest BCUT2D eigenvalue weighted by atomic mass is 15.0. The van der Waals surface area contributed by atoms with Gasteiger partial charge in [-0.15, -0.1) is 0 Å². The van der Waals surface area contributed by atoms with E-state index >= 15 is 0 Å². The molecule has 3 heteroatoms. The van der Waals surface area contributed by atoms with Gasteiger partial charge in [-0.2, -0.15) is 0 Å². The minimum absolute atomic E-state index is 0.119. The molecule has 0 amide bonds. The maximum Gasteiger partial charge on any atom is 0.191 e. The van der Waals surface area contributed by atoms with E-state index in [-0.39, 0.29) is 5.96 Å². The molecule has 1 rings (SSSR count). The lowest BCUT2D eigenvalue weighted by molar-refractivity contribution is 0.795. The highest BCUT2D eigenvalue weighted by Gasteiger charge is 1.99. The largest absolute Gasteiger partial charge is 0.370 e. The monoisotopic (exact) mass is 191 g/mol. The number of nitrogens with two attached hydrogens (primary N) is 2. The summed E-state index contributed by atoms with van der Waals surface area (Å²) in [4.78, 5) is 4.08. The minimum atomic E-state index is 0.119. The summed E-state index contributed by atoms with van der Waals surface area (Å²) in [7, 11) is 0. The molecule has 14 heavy (non-hydrogen) atoms. The van der Waals surface area contributed by atoms with Gasteiger partial charge in [-0.05, 0) is 24.5 Å². The molecule has 76 valence electrons. The van der Waals surface area contributed by atoms with Gasteiger partial charge in [0.1, 0.15) is 0 Å². The van der Waals surface area contributed by atoms with Crippen LogP contribution in [0, 0.1) is 0 Å². The van der Waals surface area contributed by atoms with Crippen molar-refractivity contribution in [1.29, 1.82) is 0 Å². The molecule has 0 bridgehead atoms. The van der Waals surface area contributed by atoms with E-state index in [0.717, 1.165) is 18.5 Å². The fourth-order valence-electron chi connectivity index (χ4n) is 1.34. The third-order valence-electron chi connectivity index (χ3n) is 2.04. The van der Waals surface area contributed by atoms with Gasteiger partial charge in [0, 0.05) is 0 Å². The molecule has 0 saturated carbocycles. The van der Waals surface area contributed by atoms with E-state index in [4.69, 9.17) is 11.5 Å². The number of aliphatic imine (C=N–C) groups is 1. The molecule has 0 radical (unpaired) electrons. The summed E-state index contributed by atoms with van der Waals surface area (Å²) in [6.45, 7) is 2.17. The predicted molar refractivity (Wildman–Crippen MR) is 60.5 cm³/mol. The molecule has 0 aliphatic heterocycles. The second-order valence-corrected chi connectivity index (χ2v) is 3.27. The van der Waals surface area contributed by atoms with E-state index in [1.165, 1.54) is 12.0 Å². The Morgan fingerprint density at radius 3 is 2.64 bits per heavy atom. The average molecular weight is 191 g/mol. The minimum Gasteiger partial charge on any atom is -0.370 e. The molecule has 0 saturated heterocycles. The lowest BCUT2D eigenvalue weighted by Gasteiger charge is -2.04. The Morgan fingerprint density at radius 1 is 1.29 bits per heavy atom. The van der Waals surface area contributed by atoms with E-state index in [1.54, 1.807) is 0 Å². The Morgan fingerprint density at radius 2 is 2.00 bits per heavy atom. The van der Waals surface area contributed by atoms with E-state index in [9.17, 15) is 0 Å². The van der Waals surface area contributed by atoms with Gasteiger partial charge in [-0.1, -0.05) is 31.5 Å². The SMILES string of the molecule is CCCCc1ccccc1N=C(N)N. The first-order valence-electron chi connectivity index (χ1n) is 4.91. The van der Waals surface area contributed by atoms with Gasteiger partial charge in [0.05, 0.1) is 5.69 Å². The first-order chi connectivity index (χ1) is 6.74. The Hall–Kier alpha value is -1.51. The number of unbranched alkanes of at least 4 members (excludes halogenated alkanes) is 1. The van der Waals surface area contributed by atoms with Crippen molar-refractivity contribution in [3.63, 3.8) is 0 Å². The maximum absolute atomic E-state index is 5.35. The molecule has 0 aromatic heterocycles. The van der Waals surface area contributed by atoms with Gasteiger partial charge in [0.25, 0.3) is 0 Å². The van der Waals surface area contributed by atoms with Gasteiger partial charge in [0.2, 0.25) is 0 Å². The molecule has 0 aliphatic rings. The summed E-state index contributed by atoms with van der Waals surface area (Å²) in [5.41, 5.74) is 12.8. The van der Waals surface area contributed by atoms with Crippen LogP contribution in [0.4, 0.5) is 5.69 Å². The first kappa shape index (κ1) is 10.6. The van der Waals surface area contributed by atoms with Crippen LogP contribution in [0.15, 0.2) is 29.3 Å². The summed E-state index contributed by atoms with van der Waals surface area (Å²) < 4.78 is 0. The average Bonchev–Trinajstić information content (AvgIpc) is 2.16. The molecule has 0 spiro atoms. The Bertz CT molecular complexity index is 314. The molecule has 0 unspecified atom stereocenters. The van der Waals surface area contributed by atoms with Crippen molar-refractivity contribution in [2.75, 3.05) is 0 Å². The van der Waals surface area contributed by atoms with Crippen LogP contribution in [0.3, 0.4) is 0 Å².